The summed E-state index contributed by atoms with van der Waals surface area (Å²) in [6.45, 7) is 0.492. The van der Waals surface area contributed by atoms with Gasteiger partial charge in [0, 0.05) is 26.0 Å². The molecule has 0 saturated carbocycles. The zero-order valence-corrected chi connectivity index (χ0v) is 10.4. The van der Waals surface area contributed by atoms with Gasteiger partial charge in [-0.3, -0.25) is 4.98 Å². The van der Waals surface area contributed by atoms with E-state index in [1.807, 2.05) is 12.1 Å². The van der Waals surface area contributed by atoms with Crippen LogP contribution in [0.2, 0.25) is 0 Å². The van der Waals surface area contributed by atoms with E-state index in [1.165, 1.54) is 6.07 Å². The van der Waals surface area contributed by atoms with Crippen LogP contribution in [0.3, 0.4) is 0 Å². The Kier molecular flexibility index (Phi) is 4.04. The normalized spacial score (nSPS) is 10.5. The fourth-order valence-corrected chi connectivity index (χ4v) is 1.78. The van der Waals surface area contributed by atoms with E-state index in [1.54, 1.807) is 24.3 Å². The largest absolute Gasteiger partial charge is 0.372 e. The number of rotatable bonds is 4. The second-order valence-electron chi connectivity index (χ2n) is 4.22. The monoisotopic (exact) mass is 266 g/mol. The molecule has 5 heteroatoms. The van der Waals surface area contributed by atoms with Crippen molar-refractivity contribution in [2.45, 2.75) is 6.42 Å². The van der Waals surface area contributed by atoms with E-state index in [2.05, 4.69) is 4.98 Å². The van der Waals surface area contributed by atoms with Crippen molar-refractivity contribution in [2.75, 3.05) is 18.5 Å². The van der Waals surface area contributed by atoms with E-state index < -0.39 is 17.5 Å². The van der Waals surface area contributed by atoms with Gasteiger partial charge in [-0.15, -0.1) is 0 Å². The summed E-state index contributed by atoms with van der Waals surface area (Å²) >= 11 is 0. The lowest BCUT2D eigenvalue weighted by atomic mass is 10.2. The quantitative estimate of drug-likeness (QED) is 0.790. The van der Waals surface area contributed by atoms with E-state index in [9.17, 15) is 13.2 Å². The smallest absolute Gasteiger partial charge is 0.196 e. The standard InChI is InChI=1S/C14H13F3N2/c1-19(9-6-10-4-7-18-8-5-10)12-3-2-11(15)13(16)14(12)17/h2-5,7-8H,6,9H2,1H3. The molecule has 100 valence electrons. The summed E-state index contributed by atoms with van der Waals surface area (Å²) in [5.74, 6) is -3.77. The first kappa shape index (κ1) is 13.4. The van der Waals surface area contributed by atoms with Crippen molar-refractivity contribution in [1.82, 2.24) is 4.98 Å². The third-order valence-corrected chi connectivity index (χ3v) is 2.91. The Morgan fingerprint density at radius 1 is 1.00 bits per heavy atom. The second kappa shape index (κ2) is 5.73. The predicted octanol–water partition coefficient (Wildman–Crippen LogP) is 3.18. The number of halogens is 3. The molecule has 0 aliphatic carbocycles. The van der Waals surface area contributed by atoms with Gasteiger partial charge in [0.05, 0.1) is 5.69 Å². The van der Waals surface area contributed by atoms with Crippen LogP contribution in [-0.4, -0.2) is 18.6 Å². The molecule has 0 saturated heterocycles. The first-order valence-corrected chi connectivity index (χ1v) is 5.83. The first-order chi connectivity index (χ1) is 9.09. The van der Waals surface area contributed by atoms with E-state index in [0.29, 0.717) is 13.0 Å². The molecule has 0 radical (unpaired) electrons. The predicted molar refractivity (Wildman–Crippen MR) is 67.5 cm³/mol. The average molecular weight is 266 g/mol. The molecule has 0 spiro atoms. The SMILES string of the molecule is CN(CCc1ccncc1)c1ccc(F)c(F)c1F. The van der Waals surface area contributed by atoms with Crippen LogP contribution in [0.1, 0.15) is 5.56 Å². The van der Waals surface area contributed by atoms with E-state index in [-0.39, 0.29) is 5.69 Å². The van der Waals surface area contributed by atoms with Gasteiger partial charge in [0.2, 0.25) is 0 Å². The number of nitrogens with zero attached hydrogens (tertiary/aromatic N) is 2. The van der Waals surface area contributed by atoms with Crippen LogP contribution >= 0.6 is 0 Å². The number of aromatic nitrogens is 1. The molecule has 0 atom stereocenters. The lowest BCUT2D eigenvalue weighted by Gasteiger charge is -2.20. The average Bonchev–Trinajstić information content (AvgIpc) is 2.43. The minimum atomic E-state index is -1.44. The van der Waals surface area contributed by atoms with E-state index >= 15 is 0 Å². The highest BCUT2D eigenvalue weighted by Gasteiger charge is 2.15. The van der Waals surface area contributed by atoms with Gasteiger partial charge < -0.3 is 4.90 Å². The summed E-state index contributed by atoms with van der Waals surface area (Å²) in [5, 5.41) is 0. The van der Waals surface area contributed by atoms with Gasteiger partial charge in [0.1, 0.15) is 0 Å². The lowest BCUT2D eigenvalue weighted by molar-refractivity contribution is 0.447. The summed E-state index contributed by atoms with van der Waals surface area (Å²) in [6, 6.07) is 5.88. The molecule has 0 N–H and O–H groups in total. The van der Waals surface area contributed by atoms with Crippen LogP contribution in [-0.2, 0) is 6.42 Å². The Bertz CT molecular complexity index is 558. The summed E-state index contributed by atoms with van der Waals surface area (Å²) in [7, 11) is 1.64. The highest BCUT2D eigenvalue weighted by atomic mass is 19.2. The summed E-state index contributed by atoms with van der Waals surface area (Å²) < 4.78 is 39.5. The lowest BCUT2D eigenvalue weighted by Crippen LogP contribution is -2.22. The molecule has 2 nitrogen and oxygen atoms in total. The van der Waals surface area contributed by atoms with Crippen LogP contribution in [0.5, 0.6) is 0 Å². The van der Waals surface area contributed by atoms with Crippen molar-refractivity contribution in [3.8, 4) is 0 Å². The second-order valence-corrected chi connectivity index (χ2v) is 4.22. The molecule has 1 heterocycles. The van der Waals surface area contributed by atoms with Crippen molar-refractivity contribution >= 4 is 5.69 Å². The number of pyridine rings is 1. The molecular formula is C14H13F3N2. The van der Waals surface area contributed by atoms with Crippen molar-refractivity contribution in [1.29, 1.82) is 0 Å². The van der Waals surface area contributed by atoms with Crippen LogP contribution in [0.15, 0.2) is 36.7 Å². The van der Waals surface area contributed by atoms with Crippen molar-refractivity contribution in [2.24, 2.45) is 0 Å². The zero-order valence-electron chi connectivity index (χ0n) is 10.4. The molecule has 2 rings (SSSR count). The van der Waals surface area contributed by atoms with Gasteiger partial charge in [-0.05, 0) is 36.2 Å². The minimum absolute atomic E-state index is 0.0490. The molecule has 1 aromatic carbocycles. The van der Waals surface area contributed by atoms with Crippen molar-refractivity contribution < 1.29 is 13.2 Å². The van der Waals surface area contributed by atoms with Crippen molar-refractivity contribution in [3.63, 3.8) is 0 Å². The van der Waals surface area contributed by atoms with Crippen LogP contribution in [0.25, 0.3) is 0 Å². The molecule has 19 heavy (non-hydrogen) atoms. The Morgan fingerprint density at radius 2 is 1.68 bits per heavy atom. The number of benzene rings is 1. The van der Waals surface area contributed by atoms with Gasteiger partial charge in [-0.1, -0.05) is 0 Å². The van der Waals surface area contributed by atoms with Gasteiger partial charge in [0.25, 0.3) is 0 Å². The minimum Gasteiger partial charge on any atom is -0.372 e. The van der Waals surface area contributed by atoms with E-state index in [0.717, 1.165) is 11.6 Å². The number of hydrogen-bond acceptors (Lipinski definition) is 2. The third kappa shape index (κ3) is 3.05. The van der Waals surface area contributed by atoms with Gasteiger partial charge >= 0.3 is 0 Å². The maximum atomic E-state index is 13.6. The Labute approximate surface area is 109 Å². The summed E-state index contributed by atoms with van der Waals surface area (Å²) in [5.41, 5.74) is 1.10. The molecule has 0 bridgehead atoms. The number of likely N-dealkylation sites (N-methyl/N-ethyl adjacent to an activating group) is 1. The summed E-state index contributed by atoms with van der Waals surface area (Å²) in [4.78, 5) is 5.46. The van der Waals surface area contributed by atoms with Crippen LogP contribution in [0, 0.1) is 17.5 Å². The summed E-state index contributed by atoms with van der Waals surface area (Å²) in [6.07, 6.45) is 4.01. The van der Waals surface area contributed by atoms with Crippen LogP contribution in [0.4, 0.5) is 18.9 Å². The maximum absolute atomic E-state index is 13.6. The molecule has 0 aliphatic rings. The molecule has 1 aromatic heterocycles. The fraction of sp³-hybridized carbons (Fsp3) is 0.214. The zero-order chi connectivity index (χ0) is 13.8. The molecular weight excluding hydrogens is 253 g/mol. The highest BCUT2D eigenvalue weighted by Crippen LogP contribution is 2.22. The Hall–Kier alpha value is -2.04. The maximum Gasteiger partial charge on any atom is 0.196 e. The molecule has 0 fully saturated rings. The number of anilines is 1. The van der Waals surface area contributed by atoms with E-state index in [4.69, 9.17) is 0 Å². The van der Waals surface area contributed by atoms with Gasteiger partial charge in [-0.2, -0.15) is 0 Å². The first-order valence-electron chi connectivity index (χ1n) is 5.83. The Morgan fingerprint density at radius 3 is 2.37 bits per heavy atom. The number of hydrogen-bond donors (Lipinski definition) is 0. The molecule has 0 unspecified atom stereocenters. The highest BCUT2D eigenvalue weighted by molar-refractivity contribution is 5.47. The van der Waals surface area contributed by atoms with Gasteiger partial charge in [-0.25, -0.2) is 13.2 Å². The fourth-order valence-electron chi connectivity index (χ4n) is 1.78. The molecule has 0 amide bonds. The molecule has 2 aromatic rings. The van der Waals surface area contributed by atoms with Crippen LogP contribution < -0.4 is 4.90 Å². The third-order valence-electron chi connectivity index (χ3n) is 2.91. The topological polar surface area (TPSA) is 16.1 Å². The molecule has 0 aliphatic heterocycles. The Balaban J connectivity index is 2.08. The van der Waals surface area contributed by atoms with Gasteiger partial charge in [0.15, 0.2) is 17.5 Å². The van der Waals surface area contributed by atoms with Crippen molar-refractivity contribution in [3.05, 3.63) is 59.7 Å².